The van der Waals surface area contributed by atoms with Gasteiger partial charge in [0.1, 0.15) is 10.6 Å². The van der Waals surface area contributed by atoms with Crippen molar-refractivity contribution in [2.24, 2.45) is 0 Å². The third kappa shape index (κ3) is 4.59. The van der Waals surface area contributed by atoms with Crippen LogP contribution in [-0.2, 0) is 21.2 Å². The Balaban J connectivity index is 1.62. The second-order valence-electron chi connectivity index (χ2n) is 6.71. The highest BCUT2D eigenvalue weighted by molar-refractivity contribution is 7.89. The molecule has 1 aliphatic rings. The van der Waals surface area contributed by atoms with Gasteiger partial charge in [0.15, 0.2) is 17.5 Å². The standard InChI is InChI=1S/C20H21F3N2O4S/c1-2-29-15-5-3-14(4-6-15)13-18(26)24-9-11-25(12-10-24)30(27,28)17-8-7-16(21)19(22)20(17)23/h3-8H,2,9-13H2,1H3. The van der Waals surface area contributed by atoms with E-state index in [0.29, 0.717) is 24.5 Å². The molecule has 0 aliphatic carbocycles. The third-order valence-electron chi connectivity index (χ3n) is 4.80. The summed E-state index contributed by atoms with van der Waals surface area (Å²) in [6, 6.07) is 8.39. The third-order valence-corrected chi connectivity index (χ3v) is 6.71. The molecule has 0 N–H and O–H groups in total. The number of nitrogens with zero attached hydrogens (tertiary/aromatic N) is 2. The Hall–Kier alpha value is -2.59. The lowest BCUT2D eigenvalue weighted by atomic mass is 10.1. The lowest BCUT2D eigenvalue weighted by molar-refractivity contribution is -0.131. The number of amides is 1. The van der Waals surface area contributed by atoms with Crippen molar-refractivity contribution in [3.63, 3.8) is 0 Å². The molecule has 0 aromatic heterocycles. The first-order valence-electron chi connectivity index (χ1n) is 9.37. The summed E-state index contributed by atoms with van der Waals surface area (Å²) >= 11 is 0. The molecule has 2 aromatic carbocycles. The second-order valence-corrected chi connectivity index (χ2v) is 8.62. The van der Waals surface area contributed by atoms with Crippen LogP contribution in [0.3, 0.4) is 0 Å². The summed E-state index contributed by atoms with van der Waals surface area (Å²) in [5.74, 6) is -4.51. The van der Waals surface area contributed by atoms with Crippen LogP contribution < -0.4 is 4.74 Å². The summed E-state index contributed by atoms with van der Waals surface area (Å²) in [6.07, 6.45) is 0.150. The van der Waals surface area contributed by atoms with Gasteiger partial charge in [-0.15, -0.1) is 0 Å². The van der Waals surface area contributed by atoms with Crippen molar-refractivity contribution in [3.8, 4) is 5.75 Å². The maximum Gasteiger partial charge on any atom is 0.246 e. The number of halogens is 3. The first-order valence-corrected chi connectivity index (χ1v) is 10.8. The molecule has 1 heterocycles. The highest BCUT2D eigenvalue weighted by atomic mass is 32.2. The van der Waals surface area contributed by atoms with E-state index in [-0.39, 0.29) is 38.5 Å². The van der Waals surface area contributed by atoms with E-state index in [4.69, 9.17) is 4.74 Å². The fourth-order valence-electron chi connectivity index (χ4n) is 3.18. The molecule has 30 heavy (non-hydrogen) atoms. The molecule has 1 saturated heterocycles. The molecule has 6 nitrogen and oxygen atoms in total. The number of hydrogen-bond acceptors (Lipinski definition) is 4. The van der Waals surface area contributed by atoms with Crippen molar-refractivity contribution in [2.75, 3.05) is 32.8 Å². The number of rotatable bonds is 6. The SMILES string of the molecule is CCOc1ccc(CC(=O)N2CCN(S(=O)(=O)c3ccc(F)c(F)c3F)CC2)cc1. The Morgan fingerprint density at radius 3 is 2.20 bits per heavy atom. The summed E-state index contributed by atoms with van der Waals surface area (Å²) in [7, 11) is -4.35. The maximum atomic E-state index is 13.9. The fourth-order valence-corrected chi connectivity index (χ4v) is 4.66. The zero-order chi connectivity index (χ0) is 21.9. The molecule has 10 heteroatoms. The first kappa shape index (κ1) is 22.1. The summed E-state index contributed by atoms with van der Waals surface area (Å²) in [5.41, 5.74) is 0.794. The van der Waals surface area contributed by atoms with Gasteiger partial charge in [-0.2, -0.15) is 4.31 Å². The van der Waals surface area contributed by atoms with Crippen molar-refractivity contribution >= 4 is 15.9 Å². The van der Waals surface area contributed by atoms with Crippen molar-refractivity contribution in [2.45, 2.75) is 18.2 Å². The second kappa shape index (κ2) is 9.05. The van der Waals surface area contributed by atoms with Crippen molar-refractivity contribution in [1.29, 1.82) is 0 Å². The smallest absolute Gasteiger partial charge is 0.246 e. The van der Waals surface area contributed by atoms with Crippen LogP contribution in [0, 0.1) is 17.5 Å². The number of ether oxygens (including phenoxy) is 1. The number of carbonyl (C=O) groups is 1. The van der Waals surface area contributed by atoms with Gasteiger partial charge >= 0.3 is 0 Å². The van der Waals surface area contributed by atoms with Gasteiger partial charge in [0.25, 0.3) is 0 Å². The van der Waals surface area contributed by atoms with Gasteiger partial charge in [-0.25, -0.2) is 21.6 Å². The van der Waals surface area contributed by atoms with Crippen LogP contribution in [0.4, 0.5) is 13.2 Å². The van der Waals surface area contributed by atoms with Gasteiger partial charge < -0.3 is 9.64 Å². The normalized spacial score (nSPS) is 15.3. The molecule has 0 spiro atoms. The predicted octanol–water partition coefficient (Wildman–Crippen LogP) is 2.58. The van der Waals surface area contributed by atoms with Gasteiger partial charge in [-0.3, -0.25) is 4.79 Å². The van der Waals surface area contributed by atoms with Crippen LogP contribution in [-0.4, -0.2) is 56.3 Å². The van der Waals surface area contributed by atoms with Crippen LogP contribution in [0.15, 0.2) is 41.3 Å². The van der Waals surface area contributed by atoms with E-state index < -0.39 is 32.4 Å². The summed E-state index contributed by atoms with van der Waals surface area (Å²) in [6.45, 7) is 2.49. The summed E-state index contributed by atoms with van der Waals surface area (Å²) in [5, 5.41) is 0. The van der Waals surface area contributed by atoms with Crippen LogP contribution in [0.25, 0.3) is 0 Å². The van der Waals surface area contributed by atoms with E-state index >= 15 is 0 Å². The molecule has 2 aromatic rings. The summed E-state index contributed by atoms with van der Waals surface area (Å²) in [4.78, 5) is 13.1. The Morgan fingerprint density at radius 2 is 1.60 bits per heavy atom. The maximum absolute atomic E-state index is 13.9. The molecule has 0 saturated carbocycles. The lowest BCUT2D eigenvalue weighted by Gasteiger charge is -2.34. The van der Waals surface area contributed by atoms with Crippen LogP contribution in [0.1, 0.15) is 12.5 Å². The molecule has 1 fully saturated rings. The molecule has 3 rings (SSSR count). The molecular formula is C20H21F3N2O4S. The molecule has 0 radical (unpaired) electrons. The Bertz CT molecular complexity index is 1020. The zero-order valence-electron chi connectivity index (χ0n) is 16.3. The van der Waals surface area contributed by atoms with Crippen LogP contribution in [0.5, 0.6) is 5.75 Å². The van der Waals surface area contributed by atoms with E-state index in [1.807, 2.05) is 6.92 Å². The summed E-state index contributed by atoms with van der Waals surface area (Å²) < 4.78 is 72.0. The molecule has 1 amide bonds. The minimum Gasteiger partial charge on any atom is -0.494 e. The van der Waals surface area contributed by atoms with E-state index in [1.54, 1.807) is 24.3 Å². The predicted molar refractivity (Wildman–Crippen MR) is 103 cm³/mol. The van der Waals surface area contributed by atoms with Gasteiger partial charge in [0.2, 0.25) is 15.9 Å². The Morgan fingerprint density at radius 1 is 0.967 bits per heavy atom. The van der Waals surface area contributed by atoms with Crippen molar-refractivity contribution in [1.82, 2.24) is 9.21 Å². The number of benzene rings is 2. The molecular weight excluding hydrogens is 421 g/mol. The van der Waals surface area contributed by atoms with E-state index in [2.05, 4.69) is 0 Å². The monoisotopic (exact) mass is 442 g/mol. The van der Waals surface area contributed by atoms with Gasteiger partial charge in [-0.1, -0.05) is 12.1 Å². The van der Waals surface area contributed by atoms with E-state index in [1.165, 1.54) is 4.90 Å². The van der Waals surface area contributed by atoms with E-state index in [9.17, 15) is 26.4 Å². The molecule has 0 unspecified atom stereocenters. The average molecular weight is 442 g/mol. The van der Waals surface area contributed by atoms with Crippen LogP contribution >= 0.6 is 0 Å². The first-order chi connectivity index (χ1) is 14.2. The number of carbonyl (C=O) groups excluding carboxylic acids is 1. The van der Waals surface area contributed by atoms with Gasteiger partial charge in [0, 0.05) is 26.2 Å². The highest BCUT2D eigenvalue weighted by Crippen LogP contribution is 2.24. The molecule has 1 aliphatic heterocycles. The average Bonchev–Trinajstić information content (AvgIpc) is 2.73. The lowest BCUT2D eigenvalue weighted by Crippen LogP contribution is -2.51. The minimum absolute atomic E-state index is 0.0736. The number of piperazine rings is 1. The topological polar surface area (TPSA) is 66.9 Å². The van der Waals surface area contributed by atoms with Gasteiger partial charge in [-0.05, 0) is 36.8 Å². The molecule has 0 bridgehead atoms. The van der Waals surface area contributed by atoms with Crippen molar-refractivity contribution < 1.29 is 31.1 Å². The molecule has 162 valence electrons. The largest absolute Gasteiger partial charge is 0.494 e. The Kier molecular flexibility index (Phi) is 6.67. The Labute approximate surface area is 172 Å². The minimum atomic E-state index is -4.35. The van der Waals surface area contributed by atoms with Gasteiger partial charge in [0.05, 0.1) is 13.0 Å². The highest BCUT2D eigenvalue weighted by Gasteiger charge is 2.33. The number of hydrogen-bond donors (Lipinski definition) is 0. The van der Waals surface area contributed by atoms with Crippen LogP contribution in [0.2, 0.25) is 0 Å². The number of sulfonamides is 1. The fraction of sp³-hybridized carbons (Fsp3) is 0.350. The zero-order valence-corrected chi connectivity index (χ0v) is 17.1. The molecule has 0 atom stereocenters. The van der Waals surface area contributed by atoms with Crippen molar-refractivity contribution in [3.05, 3.63) is 59.4 Å². The van der Waals surface area contributed by atoms with E-state index in [0.717, 1.165) is 9.87 Å². The quantitative estimate of drug-likeness (QED) is 0.645.